The molecule has 220 valence electrons. The molecule has 12 nitrogen and oxygen atoms in total. The third-order valence-corrected chi connectivity index (χ3v) is 6.50. The molecule has 0 amide bonds. The van der Waals surface area contributed by atoms with E-state index >= 15 is 0 Å². The smallest absolute Gasteiger partial charge is 0.339 e. The van der Waals surface area contributed by atoms with Crippen molar-refractivity contribution in [3.63, 3.8) is 0 Å². The minimum absolute atomic E-state index is 0.0525. The number of rotatable bonds is 9. The zero-order valence-corrected chi connectivity index (χ0v) is 23.2. The van der Waals surface area contributed by atoms with Gasteiger partial charge in [0.25, 0.3) is 10.1 Å². The summed E-state index contributed by atoms with van der Waals surface area (Å²) in [6, 6.07) is 22.9. The number of esters is 4. The van der Waals surface area contributed by atoms with Crippen molar-refractivity contribution in [3.8, 4) is 0 Å². The van der Waals surface area contributed by atoms with Crippen LogP contribution in [-0.2, 0) is 42.8 Å². The predicted octanol–water partition coefficient (Wildman–Crippen LogP) is 2.54. The second kappa shape index (κ2) is 13.4. The van der Waals surface area contributed by atoms with E-state index < -0.39 is 64.7 Å². The zero-order chi connectivity index (χ0) is 30.3. The van der Waals surface area contributed by atoms with Crippen molar-refractivity contribution in [1.29, 1.82) is 0 Å². The molecule has 0 spiro atoms. The standard InChI is InChI=1S/C29H26O12S/c1-36-28(33)23-21(37-25(30)18-12-6-3-7-13-18)22(38-26(31)19-14-8-4-9-15-19)24(29(40-23)41-42(2,34)35)39-27(32)20-16-10-5-11-17-20/h3-17,21-24,29H,1-2H3/t21-,22-,23-,24+,29+/m0/s1. The summed E-state index contributed by atoms with van der Waals surface area (Å²) in [6.45, 7) is 0. The molecule has 1 saturated heterocycles. The van der Waals surface area contributed by atoms with Crippen molar-refractivity contribution in [2.75, 3.05) is 13.4 Å². The number of benzene rings is 3. The maximum absolute atomic E-state index is 13.2. The highest BCUT2D eigenvalue weighted by atomic mass is 32.2. The summed E-state index contributed by atoms with van der Waals surface area (Å²) < 4.78 is 56.7. The molecule has 13 heteroatoms. The monoisotopic (exact) mass is 598 g/mol. The third-order valence-electron chi connectivity index (χ3n) is 5.96. The summed E-state index contributed by atoms with van der Waals surface area (Å²) in [5, 5.41) is 0. The maximum Gasteiger partial charge on any atom is 0.339 e. The van der Waals surface area contributed by atoms with E-state index in [1.807, 2.05) is 0 Å². The van der Waals surface area contributed by atoms with Gasteiger partial charge in [0.1, 0.15) is 0 Å². The lowest BCUT2D eigenvalue weighted by Crippen LogP contribution is -2.64. The fourth-order valence-electron chi connectivity index (χ4n) is 4.05. The first-order valence-corrected chi connectivity index (χ1v) is 14.3. The molecule has 0 aliphatic carbocycles. The number of hydrogen-bond acceptors (Lipinski definition) is 12. The van der Waals surface area contributed by atoms with Gasteiger partial charge >= 0.3 is 23.9 Å². The number of carbonyl (C=O) groups is 4. The molecule has 0 bridgehead atoms. The number of methoxy groups -OCH3 is 1. The van der Waals surface area contributed by atoms with E-state index in [2.05, 4.69) is 0 Å². The molecular weight excluding hydrogens is 572 g/mol. The van der Waals surface area contributed by atoms with Gasteiger partial charge in [0.2, 0.25) is 6.29 Å². The molecule has 0 radical (unpaired) electrons. The van der Waals surface area contributed by atoms with Crippen molar-refractivity contribution in [3.05, 3.63) is 108 Å². The van der Waals surface area contributed by atoms with E-state index in [0.717, 1.165) is 7.11 Å². The second-order valence-electron chi connectivity index (χ2n) is 8.96. The Kier molecular flexibility index (Phi) is 9.68. The Bertz CT molecular complexity index is 1510. The molecule has 1 aliphatic heterocycles. The van der Waals surface area contributed by atoms with E-state index in [9.17, 15) is 27.6 Å². The van der Waals surface area contributed by atoms with Crippen molar-refractivity contribution >= 4 is 34.0 Å². The molecule has 0 N–H and O–H groups in total. The molecule has 0 saturated carbocycles. The molecule has 4 rings (SSSR count). The van der Waals surface area contributed by atoms with Crippen LogP contribution in [0.3, 0.4) is 0 Å². The molecule has 0 unspecified atom stereocenters. The molecule has 1 fully saturated rings. The van der Waals surface area contributed by atoms with Crippen molar-refractivity contribution in [1.82, 2.24) is 0 Å². The van der Waals surface area contributed by atoms with Gasteiger partial charge in [-0.3, -0.25) is 0 Å². The first-order chi connectivity index (χ1) is 20.1. The largest absolute Gasteiger partial charge is 0.467 e. The van der Waals surface area contributed by atoms with Gasteiger partial charge in [-0.05, 0) is 36.4 Å². The highest BCUT2D eigenvalue weighted by molar-refractivity contribution is 7.86. The van der Waals surface area contributed by atoms with Crippen LogP contribution in [0, 0.1) is 0 Å². The lowest BCUT2D eigenvalue weighted by Gasteiger charge is -2.42. The predicted molar refractivity (Wildman–Crippen MR) is 144 cm³/mol. The minimum atomic E-state index is -4.32. The summed E-state index contributed by atoms with van der Waals surface area (Å²) in [6.07, 6.45) is -8.64. The molecule has 0 aromatic heterocycles. The van der Waals surface area contributed by atoms with Crippen LogP contribution >= 0.6 is 0 Å². The summed E-state index contributed by atoms with van der Waals surface area (Å²) in [7, 11) is -3.30. The zero-order valence-electron chi connectivity index (χ0n) is 22.4. The van der Waals surface area contributed by atoms with Gasteiger partial charge in [0.05, 0.1) is 30.1 Å². The minimum Gasteiger partial charge on any atom is -0.467 e. The lowest BCUT2D eigenvalue weighted by molar-refractivity contribution is -0.269. The summed E-state index contributed by atoms with van der Waals surface area (Å²) in [5.41, 5.74) is 0.179. The second-order valence-corrected chi connectivity index (χ2v) is 10.6. The first kappa shape index (κ1) is 30.4. The molecule has 3 aromatic carbocycles. The summed E-state index contributed by atoms with van der Waals surface area (Å²) >= 11 is 0. The van der Waals surface area contributed by atoms with Gasteiger partial charge in [0.15, 0.2) is 24.4 Å². The van der Waals surface area contributed by atoms with Crippen LogP contribution in [-0.4, -0.2) is 76.4 Å². The number of hydrogen-bond donors (Lipinski definition) is 0. The Balaban J connectivity index is 1.81. The molecule has 1 heterocycles. The summed E-state index contributed by atoms with van der Waals surface area (Å²) in [4.78, 5) is 52.4. The molecule has 3 aromatic rings. The Labute approximate surface area is 241 Å². The number of ether oxygens (including phenoxy) is 5. The normalized spacial score (nSPS) is 21.9. The van der Waals surface area contributed by atoms with Crippen LogP contribution < -0.4 is 0 Å². The van der Waals surface area contributed by atoms with Crippen LogP contribution in [0.5, 0.6) is 0 Å². The highest BCUT2D eigenvalue weighted by Gasteiger charge is 2.56. The molecule has 42 heavy (non-hydrogen) atoms. The van der Waals surface area contributed by atoms with E-state index in [0.29, 0.717) is 6.26 Å². The van der Waals surface area contributed by atoms with E-state index in [4.69, 9.17) is 27.9 Å². The van der Waals surface area contributed by atoms with Gasteiger partial charge in [0, 0.05) is 0 Å². The molecule has 5 atom stereocenters. The Morgan fingerprint density at radius 3 is 1.38 bits per heavy atom. The van der Waals surface area contributed by atoms with E-state index in [1.165, 1.54) is 36.4 Å². The van der Waals surface area contributed by atoms with Gasteiger partial charge in [-0.15, -0.1) is 0 Å². The van der Waals surface area contributed by atoms with Crippen LogP contribution in [0.15, 0.2) is 91.0 Å². The number of carbonyl (C=O) groups excluding carboxylic acids is 4. The quantitative estimate of drug-likeness (QED) is 0.202. The SMILES string of the molecule is COC(=O)[C@H]1O[C@H](OS(C)(=O)=O)[C@H](OC(=O)c2ccccc2)[C@@H](OC(=O)c2ccccc2)[C@@H]1OC(=O)c1ccccc1. The topological polar surface area (TPSA) is 158 Å². The van der Waals surface area contributed by atoms with Crippen molar-refractivity contribution in [2.45, 2.75) is 30.7 Å². The average Bonchev–Trinajstić information content (AvgIpc) is 2.99. The summed E-state index contributed by atoms with van der Waals surface area (Å²) in [5.74, 6) is -4.01. The Morgan fingerprint density at radius 1 is 0.619 bits per heavy atom. The van der Waals surface area contributed by atoms with Crippen LogP contribution in [0.4, 0.5) is 0 Å². The van der Waals surface area contributed by atoms with Crippen LogP contribution in [0.25, 0.3) is 0 Å². The van der Waals surface area contributed by atoms with E-state index in [1.54, 1.807) is 54.6 Å². The van der Waals surface area contributed by atoms with Gasteiger partial charge < -0.3 is 23.7 Å². The Morgan fingerprint density at radius 2 is 1.00 bits per heavy atom. The highest BCUT2D eigenvalue weighted by Crippen LogP contribution is 2.32. The van der Waals surface area contributed by atoms with E-state index in [-0.39, 0.29) is 16.7 Å². The van der Waals surface area contributed by atoms with Gasteiger partial charge in [-0.2, -0.15) is 8.42 Å². The fraction of sp³-hybridized carbons (Fsp3) is 0.241. The van der Waals surface area contributed by atoms with Crippen molar-refractivity contribution < 1.29 is 55.5 Å². The van der Waals surface area contributed by atoms with Crippen molar-refractivity contribution in [2.24, 2.45) is 0 Å². The Hall–Kier alpha value is -4.59. The first-order valence-electron chi connectivity index (χ1n) is 12.5. The van der Waals surface area contributed by atoms with Gasteiger partial charge in [-0.1, -0.05) is 54.6 Å². The maximum atomic E-state index is 13.2. The lowest BCUT2D eigenvalue weighted by atomic mass is 9.97. The van der Waals surface area contributed by atoms with Gasteiger partial charge in [-0.25, -0.2) is 23.4 Å². The third kappa shape index (κ3) is 7.57. The van der Waals surface area contributed by atoms with Crippen LogP contribution in [0.1, 0.15) is 31.1 Å². The van der Waals surface area contributed by atoms with Crippen LogP contribution in [0.2, 0.25) is 0 Å². The molecular formula is C29H26O12S. The fourth-order valence-corrected chi connectivity index (χ4v) is 4.55. The average molecular weight is 599 g/mol. The molecule has 1 aliphatic rings.